The molecule has 3 aromatic heterocycles. The third-order valence-corrected chi connectivity index (χ3v) is 5.00. The second-order valence-corrected chi connectivity index (χ2v) is 7.19. The topological polar surface area (TPSA) is 85.8 Å². The third kappa shape index (κ3) is 3.48. The van der Waals surface area contributed by atoms with Gasteiger partial charge in [0, 0.05) is 36.0 Å². The molecule has 1 aliphatic rings. The molecule has 0 radical (unpaired) electrons. The standard InChI is InChI=1S/C17H19N5O2S/c1-10-7-11(2)22(20-10)17-19-13(9-25-17)5-6-18-16(23)14-8-15(24-21-14)12-3-4-12/h7-9,12H,3-6H2,1-2H3,(H,18,23). The zero-order valence-corrected chi connectivity index (χ0v) is 15.0. The van der Waals surface area contributed by atoms with Gasteiger partial charge in [-0.25, -0.2) is 9.67 Å². The van der Waals surface area contributed by atoms with E-state index in [4.69, 9.17) is 4.52 Å². The van der Waals surface area contributed by atoms with Crippen LogP contribution in [0, 0.1) is 13.8 Å². The Morgan fingerprint density at radius 3 is 2.96 bits per heavy atom. The molecule has 7 nitrogen and oxygen atoms in total. The van der Waals surface area contributed by atoms with Gasteiger partial charge in [0.1, 0.15) is 5.76 Å². The van der Waals surface area contributed by atoms with Gasteiger partial charge in [-0.3, -0.25) is 4.79 Å². The predicted molar refractivity (Wildman–Crippen MR) is 93.2 cm³/mol. The SMILES string of the molecule is Cc1cc(C)n(-c2nc(CCNC(=O)c3cc(C4CC4)on3)cs2)n1. The number of thiazole rings is 1. The lowest BCUT2D eigenvalue weighted by atomic mass is 10.2. The first-order valence-corrected chi connectivity index (χ1v) is 9.21. The fourth-order valence-electron chi connectivity index (χ4n) is 2.68. The maximum Gasteiger partial charge on any atom is 0.273 e. The Labute approximate surface area is 149 Å². The van der Waals surface area contributed by atoms with Gasteiger partial charge >= 0.3 is 0 Å². The van der Waals surface area contributed by atoms with Gasteiger partial charge in [-0.05, 0) is 32.8 Å². The Morgan fingerprint density at radius 2 is 2.24 bits per heavy atom. The van der Waals surface area contributed by atoms with Crippen molar-refractivity contribution in [2.24, 2.45) is 0 Å². The summed E-state index contributed by atoms with van der Waals surface area (Å²) < 4.78 is 7.05. The molecule has 0 atom stereocenters. The van der Waals surface area contributed by atoms with Crippen molar-refractivity contribution in [3.8, 4) is 5.13 Å². The summed E-state index contributed by atoms with van der Waals surface area (Å²) in [5.41, 5.74) is 3.32. The number of nitrogens with zero attached hydrogens (tertiary/aromatic N) is 4. The molecule has 0 aliphatic heterocycles. The lowest BCUT2D eigenvalue weighted by Crippen LogP contribution is -2.26. The van der Waals surface area contributed by atoms with E-state index in [2.05, 4.69) is 20.6 Å². The van der Waals surface area contributed by atoms with E-state index in [0.29, 0.717) is 24.6 Å². The molecule has 25 heavy (non-hydrogen) atoms. The van der Waals surface area contributed by atoms with E-state index >= 15 is 0 Å². The van der Waals surface area contributed by atoms with E-state index in [9.17, 15) is 4.79 Å². The minimum Gasteiger partial charge on any atom is -0.360 e. The quantitative estimate of drug-likeness (QED) is 0.733. The summed E-state index contributed by atoms with van der Waals surface area (Å²) in [6, 6.07) is 3.77. The largest absolute Gasteiger partial charge is 0.360 e. The Hall–Kier alpha value is -2.48. The third-order valence-electron chi connectivity index (χ3n) is 4.14. The van der Waals surface area contributed by atoms with Crippen molar-refractivity contribution < 1.29 is 9.32 Å². The highest BCUT2D eigenvalue weighted by Crippen LogP contribution is 2.40. The summed E-state index contributed by atoms with van der Waals surface area (Å²) >= 11 is 1.55. The van der Waals surface area contributed by atoms with Crippen LogP contribution >= 0.6 is 11.3 Å². The number of hydrogen-bond donors (Lipinski definition) is 1. The van der Waals surface area contributed by atoms with E-state index < -0.39 is 0 Å². The summed E-state index contributed by atoms with van der Waals surface area (Å²) in [5.74, 6) is 1.07. The molecule has 3 aromatic rings. The number of amides is 1. The summed E-state index contributed by atoms with van der Waals surface area (Å²) in [7, 11) is 0. The first-order valence-electron chi connectivity index (χ1n) is 8.33. The van der Waals surface area contributed by atoms with Crippen LogP contribution < -0.4 is 5.32 Å². The highest BCUT2D eigenvalue weighted by molar-refractivity contribution is 7.12. The molecular formula is C17H19N5O2S. The van der Waals surface area contributed by atoms with Crippen molar-refractivity contribution in [3.05, 3.63) is 46.0 Å². The van der Waals surface area contributed by atoms with E-state index in [1.807, 2.05) is 30.0 Å². The van der Waals surface area contributed by atoms with Crippen molar-refractivity contribution in [1.82, 2.24) is 25.2 Å². The number of hydrogen-bond acceptors (Lipinski definition) is 6. The summed E-state index contributed by atoms with van der Waals surface area (Å²) in [4.78, 5) is 16.7. The van der Waals surface area contributed by atoms with Gasteiger partial charge in [-0.2, -0.15) is 5.10 Å². The summed E-state index contributed by atoms with van der Waals surface area (Å²) in [5, 5.41) is 14.0. The Kier molecular flexibility index (Phi) is 4.12. The summed E-state index contributed by atoms with van der Waals surface area (Å²) in [6.07, 6.45) is 2.91. The van der Waals surface area contributed by atoms with Crippen LogP contribution in [0.3, 0.4) is 0 Å². The van der Waals surface area contributed by atoms with Gasteiger partial charge in [0.25, 0.3) is 5.91 Å². The molecule has 130 valence electrons. The van der Waals surface area contributed by atoms with Crippen LogP contribution in [-0.2, 0) is 6.42 Å². The number of aryl methyl sites for hydroxylation is 2. The molecule has 0 aromatic carbocycles. The minimum atomic E-state index is -0.204. The number of rotatable bonds is 6. The van der Waals surface area contributed by atoms with Gasteiger partial charge in [-0.1, -0.05) is 5.16 Å². The Bertz CT molecular complexity index is 906. The number of aromatic nitrogens is 4. The Balaban J connectivity index is 1.32. The van der Waals surface area contributed by atoms with Crippen molar-refractivity contribution in [3.63, 3.8) is 0 Å². The van der Waals surface area contributed by atoms with Crippen LogP contribution in [0.2, 0.25) is 0 Å². The molecule has 0 unspecified atom stereocenters. The molecule has 1 saturated carbocycles. The minimum absolute atomic E-state index is 0.204. The highest BCUT2D eigenvalue weighted by atomic mass is 32.1. The maximum atomic E-state index is 12.1. The van der Waals surface area contributed by atoms with Gasteiger partial charge in [0.15, 0.2) is 5.69 Å². The molecule has 1 fully saturated rings. The van der Waals surface area contributed by atoms with Crippen LogP contribution in [0.5, 0.6) is 0 Å². The number of carbonyl (C=O) groups excluding carboxylic acids is 1. The molecule has 4 rings (SSSR count). The monoisotopic (exact) mass is 357 g/mol. The molecule has 8 heteroatoms. The predicted octanol–water partition coefficient (Wildman–Crippen LogP) is 2.78. The second-order valence-electron chi connectivity index (χ2n) is 6.36. The first kappa shape index (κ1) is 16.0. The second kappa shape index (κ2) is 6.44. The van der Waals surface area contributed by atoms with Crippen molar-refractivity contribution in [2.75, 3.05) is 6.54 Å². The highest BCUT2D eigenvalue weighted by Gasteiger charge is 2.28. The van der Waals surface area contributed by atoms with Crippen molar-refractivity contribution in [1.29, 1.82) is 0 Å². The normalized spacial score (nSPS) is 14.0. The van der Waals surface area contributed by atoms with E-state index in [0.717, 1.165) is 40.8 Å². The number of carbonyl (C=O) groups is 1. The zero-order chi connectivity index (χ0) is 17.4. The fraction of sp³-hybridized carbons (Fsp3) is 0.412. The molecule has 0 spiro atoms. The molecule has 0 bridgehead atoms. The van der Waals surface area contributed by atoms with Crippen LogP contribution in [-0.4, -0.2) is 32.4 Å². The van der Waals surface area contributed by atoms with Gasteiger partial charge in [-0.15, -0.1) is 11.3 Å². The van der Waals surface area contributed by atoms with Gasteiger partial charge in [0.05, 0.1) is 11.4 Å². The average molecular weight is 357 g/mol. The van der Waals surface area contributed by atoms with Gasteiger partial charge in [0.2, 0.25) is 5.13 Å². The zero-order valence-electron chi connectivity index (χ0n) is 14.2. The molecule has 0 saturated heterocycles. The molecule has 1 amide bonds. The van der Waals surface area contributed by atoms with Crippen molar-refractivity contribution >= 4 is 17.2 Å². The van der Waals surface area contributed by atoms with Crippen molar-refractivity contribution in [2.45, 2.75) is 39.0 Å². The fourth-order valence-corrected chi connectivity index (χ4v) is 3.55. The molecular weight excluding hydrogens is 338 g/mol. The molecule has 3 heterocycles. The average Bonchev–Trinajstić information content (AvgIpc) is 3.00. The summed E-state index contributed by atoms with van der Waals surface area (Å²) in [6.45, 7) is 4.48. The van der Waals surface area contributed by atoms with Gasteiger partial charge < -0.3 is 9.84 Å². The smallest absolute Gasteiger partial charge is 0.273 e. The maximum absolute atomic E-state index is 12.1. The van der Waals surface area contributed by atoms with E-state index in [1.165, 1.54) is 0 Å². The van der Waals surface area contributed by atoms with E-state index in [1.54, 1.807) is 17.4 Å². The Morgan fingerprint density at radius 1 is 1.40 bits per heavy atom. The number of nitrogens with one attached hydrogen (secondary N) is 1. The first-order chi connectivity index (χ1) is 12.1. The van der Waals surface area contributed by atoms with Crippen LogP contribution in [0.15, 0.2) is 22.0 Å². The van der Waals surface area contributed by atoms with E-state index in [-0.39, 0.29) is 5.91 Å². The lowest BCUT2D eigenvalue weighted by Gasteiger charge is -2.01. The molecule has 1 N–H and O–H groups in total. The molecule has 1 aliphatic carbocycles. The van der Waals surface area contributed by atoms with Crippen LogP contribution in [0.1, 0.15) is 52.1 Å². The van der Waals surface area contributed by atoms with Crippen LogP contribution in [0.25, 0.3) is 5.13 Å². The van der Waals surface area contributed by atoms with Crippen LogP contribution in [0.4, 0.5) is 0 Å². The lowest BCUT2D eigenvalue weighted by molar-refractivity contribution is 0.0945.